The molecule has 0 aromatic rings. The SMILES string of the molecule is COC1(C)CCCN(C(=N)N)C1. The zero-order valence-corrected chi connectivity index (χ0v) is 7.76. The molecule has 0 aromatic carbocycles. The fourth-order valence-corrected chi connectivity index (χ4v) is 1.58. The van der Waals surface area contributed by atoms with Crippen LogP contribution >= 0.6 is 0 Å². The molecular formula is C8H17N3O. The Morgan fingerprint density at radius 3 is 2.83 bits per heavy atom. The first-order valence-electron chi connectivity index (χ1n) is 4.21. The monoisotopic (exact) mass is 171 g/mol. The van der Waals surface area contributed by atoms with Gasteiger partial charge < -0.3 is 15.4 Å². The number of guanidine groups is 1. The second kappa shape index (κ2) is 3.31. The van der Waals surface area contributed by atoms with E-state index in [4.69, 9.17) is 15.9 Å². The molecule has 1 aliphatic rings. The van der Waals surface area contributed by atoms with Gasteiger partial charge in [-0.1, -0.05) is 0 Å². The number of piperidine rings is 1. The lowest BCUT2D eigenvalue weighted by molar-refractivity contribution is -0.0352. The first-order chi connectivity index (χ1) is 5.57. The number of nitrogens with two attached hydrogens (primary N) is 1. The molecule has 0 radical (unpaired) electrons. The number of hydrogen-bond acceptors (Lipinski definition) is 2. The molecule has 4 heteroatoms. The molecule has 1 saturated heterocycles. The highest BCUT2D eigenvalue weighted by Gasteiger charge is 2.31. The third kappa shape index (κ3) is 1.88. The molecule has 0 aromatic heterocycles. The van der Waals surface area contributed by atoms with Crippen molar-refractivity contribution in [1.82, 2.24) is 4.90 Å². The molecule has 12 heavy (non-hydrogen) atoms. The summed E-state index contributed by atoms with van der Waals surface area (Å²) in [6.07, 6.45) is 2.09. The van der Waals surface area contributed by atoms with Crippen molar-refractivity contribution in [2.24, 2.45) is 5.73 Å². The summed E-state index contributed by atoms with van der Waals surface area (Å²) in [6.45, 7) is 3.68. The van der Waals surface area contributed by atoms with Crippen LogP contribution in [0, 0.1) is 5.41 Å². The van der Waals surface area contributed by atoms with Gasteiger partial charge in [-0.25, -0.2) is 0 Å². The molecule has 1 atom stereocenters. The lowest BCUT2D eigenvalue weighted by Gasteiger charge is -2.39. The van der Waals surface area contributed by atoms with Gasteiger partial charge in [0.15, 0.2) is 5.96 Å². The van der Waals surface area contributed by atoms with Crippen molar-refractivity contribution in [3.8, 4) is 0 Å². The Morgan fingerprint density at radius 2 is 2.33 bits per heavy atom. The molecule has 0 aliphatic carbocycles. The maximum absolute atomic E-state index is 7.29. The Kier molecular flexibility index (Phi) is 2.57. The second-order valence-corrected chi connectivity index (χ2v) is 3.56. The van der Waals surface area contributed by atoms with Gasteiger partial charge in [0, 0.05) is 20.2 Å². The Morgan fingerprint density at radius 1 is 1.67 bits per heavy atom. The Balaban J connectivity index is 2.57. The smallest absolute Gasteiger partial charge is 0.188 e. The van der Waals surface area contributed by atoms with Gasteiger partial charge in [0.25, 0.3) is 0 Å². The zero-order chi connectivity index (χ0) is 9.19. The average molecular weight is 171 g/mol. The van der Waals surface area contributed by atoms with E-state index in [1.807, 2.05) is 4.90 Å². The number of ether oxygens (including phenoxy) is 1. The van der Waals surface area contributed by atoms with Crippen LogP contribution in [0.3, 0.4) is 0 Å². The van der Waals surface area contributed by atoms with Crippen LogP contribution in [-0.2, 0) is 4.74 Å². The lowest BCUT2D eigenvalue weighted by Crippen LogP contribution is -2.51. The van der Waals surface area contributed by atoms with Crippen LogP contribution in [0.4, 0.5) is 0 Å². The van der Waals surface area contributed by atoms with E-state index < -0.39 is 0 Å². The fourth-order valence-electron chi connectivity index (χ4n) is 1.58. The zero-order valence-electron chi connectivity index (χ0n) is 7.76. The van der Waals surface area contributed by atoms with Gasteiger partial charge in [-0.3, -0.25) is 5.41 Å². The molecule has 1 aliphatic heterocycles. The van der Waals surface area contributed by atoms with E-state index in [9.17, 15) is 0 Å². The van der Waals surface area contributed by atoms with E-state index in [1.54, 1.807) is 7.11 Å². The van der Waals surface area contributed by atoms with Gasteiger partial charge in [0.05, 0.1) is 5.60 Å². The summed E-state index contributed by atoms with van der Waals surface area (Å²) in [5, 5.41) is 7.29. The number of nitrogens with one attached hydrogen (secondary N) is 1. The molecule has 1 heterocycles. The van der Waals surface area contributed by atoms with E-state index in [0.717, 1.165) is 25.9 Å². The van der Waals surface area contributed by atoms with Crippen molar-refractivity contribution in [2.45, 2.75) is 25.4 Å². The molecule has 70 valence electrons. The van der Waals surface area contributed by atoms with E-state index in [-0.39, 0.29) is 11.6 Å². The number of methoxy groups -OCH3 is 1. The van der Waals surface area contributed by atoms with Crippen molar-refractivity contribution in [1.29, 1.82) is 5.41 Å². The van der Waals surface area contributed by atoms with Crippen LogP contribution in [0.5, 0.6) is 0 Å². The van der Waals surface area contributed by atoms with E-state index >= 15 is 0 Å². The molecule has 0 bridgehead atoms. The highest BCUT2D eigenvalue weighted by molar-refractivity contribution is 5.74. The van der Waals surface area contributed by atoms with Crippen LogP contribution in [0.15, 0.2) is 0 Å². The normalized spacial score (nSPS) is 30.3. The minimum atomic E-state index is -0.121. The Hall–Kier alpha value is -0.770. The number of hydrogen-bond donors (Lipinski definition) is 2. The average Bonchev–Trinajstić information content (AvgIpc) is 2.05. The van der Waals surface area contributed by atoms with Crippen molar-refractivity contribution in [2.75, 3.05) is 20.2 Å². The van der Waals surface area contributed by atoms with Crippen LogP contribution < -0.4 is 5.73 Å². The van der Waals surface area contributed by atoms with Crippen molar-refractivity contribution in [3.63, 3.8) is 0 Å². The van der Waals surface area contributed by atoms with Crippen molar-refractivity contribution >= 4 is 5.96 Å². The Bertz CT molecular complexity index is 183. The van der Waals surface area contributed by atoms with E-state index in [1.165, 1.54) is 0 Å². The minimum Gasteiger partial charge on any atom is -0.377 e. The molecule has 0 saturated carbocycles. The first kappa shape index (κ1) is 9.32. The summed E-state index contributed by atoms with van der Waals surface area (Å²) in [7, 11) is 1.71. The predicted molar refractivity (Wildman–Crippen MR) is 48.1 cm³/mol. The molecule has 4 nitrogen and oxygen atoms in total. The quantitative estimate of drug-likeness (QED) is 0.443. The topological polar surface area (TPSA) is 62.3 Å². The molecule has 3 N–H and O–H groups in total. The summed E-state index contributed by atoms with van der Waals surface area (Å²) in [5.74, 6) is 0.151. The van der Waals surface area contributed by atoms with Crippen molar-refractivity contribution < 1.29 is 4.74 Å². The number of rotatable bonds is 1. The molecule has 0 spiro atoms. The van der Waals surface area contributed by atoms with Gasteiger partial charge in [-0.2, -0.15) is 0 Å². The van der Waals surface area contributed by atoms with Gasteiger partial charge in [0.1, 0.15) is 0 Å². The maximum Gasteiger partial charge on any atom is 0.188 e. The standard InChI is InChI=1S/C8H17N3O/c1-8(12-2)4-3-5-11(6-8)7(9)10/h3-6H2,1-2H3,(H3,9,10). The number of nitrogens with zero attached hydrogens (tertiary/aromatic N) is 1. The third-order valence-electron chi connectivity index (χ3n) is 2.49. The molecule has 1 unspecified atom stereocenters. The van der Waals surface area contributed by atoms with Gasteiger partial charge in [-0.05, 0) is 19.8 Å². The molecule has 1 rings (SSSR count). The third-order valence-corrected chi connectivity index (χ3v) is 2.49. The van der Waals surface area contributed by atoms with Crippen LogP contribution in [0.25, 0.3) is 0 Å². The maximum atomic E-state index is 7.29. The van der Waals surface area contributed by atoms with Gasteiger partial charge in [0.2, 0.25) is 0 Å². The number of likely N-dealkylation sites (tertiary alicyclic amines) is 1. The fraction of sp³-hybridized carbons (Fsp3) is 0.875. The van der Waals surface area contributed by atoms with Crippen molar-refractivity contribution in [3.05, 3.63) is 0 Å². The van der Waals surface area contributed by atoms with Gasteiger partial charge >= 0.3 is 0 Å². The molecule has 1 fully saturated rings. The lowest BCUT2D eigenvalue weighted by atomic mass is 9.95. The molecular weight excluding hydrogens is 154 g/mol. The highest BCUT2D eigenvalue weighted by Crippen LogP contribution is 2.23. The second-order valence-electron chi connectivity index (χ2n) is 3.56. The Labute approximate surface area is 73.2 Å². The summed E-state index contributed by atoms with van der Waals surface area (Å²) >= 11 is 0. The largest absolute Gasteiger partial charge is 0.377 e. The van der Waals surface area contributed by atoms with E-state index in [2.05, 4.69) is 6.92 Å². The van der Waals surface area contributed by atoms with Gasteiger partial charge in [-0.15, -0.1) is 0 Å². The molecule has 0 amide bonds. The van der Waals surface area contributed by atoms with Crippen LogP contribution in [0.1, 0.15) is 19.8 Å². The first-order valence-corrected chi connectivity index (χ1v) is 4.21. The van der Waals surface area contributed by atoms with E-state index in [0.29, 0.717) is 0 Å². The summed E-state index contributed by atoms with van der Waals surface area (Å²) in [6, 6.07) is 0. The summed E-state index contributed by atoms with van der Waals surface area (Å²) in [4.78, 5) is 1.85. The predicted octanol–water partition coefficient (Wildman–Crippen LogP) is 0.381. The summed E-state index contributed by atoms with van der Waals surface area (Å²) in [5.41, 5.74) is 5.28. The summed E-state index contributed by atoms with van der Waals surface area (Å²) < 4.78 is 5.37. The minimum absolute atomic E-state index is 0.121. The van der Waals surface area contributed by atoms with Crippen LogP contribution in [-0.4, -0.2) is 36.7 Å². The highest BCUT2D eigenvalue weighted by atomic mass is 16.5. The van der Waals surface area contributed by atoms with Crippen LogP contribution in [0.2, 0.25) is 0 Å².